The Bertz CT molecular complexity index is 753. The number of halogens is 3. The Morgan fingerprint density at radius 1 is 1.11 bits per heavy atom. The Morgan fingerprint density at radius 3 is 2.37 bits per heavy atom. The highest BCUT2D eigenvalue weighted by Crippen LogP contribution is 2.26. The quantitative estimate of drug-likeness (QED) is 0.837. The van der Waals surface area contributed by atoms with E-state index in [1.54, 1.807) is 17.0 Å². The predicted octanol–water partition coefficient (Wildman–Crippen LogP) is 3.72. The highest BCUT2D eigenvalue weighted by Gasteiger charge is 2.30. The number of ether oxygens (including phenoxy) is 1. The van der Waals surface area contributed by atoms with Gasteiger partial charge in [0, 0.05) is 30.8 Å². The fourth-order valence-electron chi connectivity index (χ4n) is 3.13. The molecule has 146 valence electrons. The topological polar surface area (TPSA) is 41.6 Å². The van der Waals surface area contributed by atoms with Crippen LogP contribution in [-0.4, -0.2) is 37.0 Å². The van der Waals surface area contributed by atoms with Crippen molar-refractivity contribution >= 4 is 18.3 Å². The fourth-order valence-corrected chi connectivity index (χ4v) is 3.13. The molecule has 27 heavy (non-hydrogen) atoms. The number of rotatable bonds is 5. The SMILES string of the molecule is CNC1CCN(C(=O)C(Oc2ccc(F)c(F)c2)c2ccccc2)CC1.Cl. The van der Waals surface area contributed by atoms with Crippen LogP contribution >= 0.6 is 12.4 Å². The molecule has 0 spiro atoms. The maximum Gasteiger partial charge on any atom is 0.268 e. The van der Waals surface area contributed by atoms with Gasteiger partial charge in [-0.1, -0.05) is 30.3 Å². The van der Waals surface area contributed by atoms with Gasteiger partial charge >= 0.3 is 0 Å². The van der Waals surface area contributed by atoms with E-state index < -0.39 is 17.7 Å². The molecular formula is C20H23ClF2N2O2. The lowest BCUT2D eigenvalue weighted by Gasteiger charge is -2.34. The molecule has 1 atom stereocenters. The minimum absolute atomic E-state index is 0. The maximum absolute atomic E-state index is 13.5. The standard InChI is InChI=1S/C20H22F2N2O2.ClH/c1-23-15-9-11-24(12-10-15)20(25)19(14-5-3-2-4-6-14)26-16-7-8-17(21)18(22)13-16;/h2-8,13,15,19,23H,9-12H2,1H3;1H. The number of hydrogen-bond acceptors (Lipinski definition) is 3. The van der Waals surface area contributed by atoms with E-state index in [9.17, 15) is 13.6 Å². The van der Waals surface area contributed by atoms with Gasteiger partial charge < -0.3 is 15.0 Å². The first-order chi connectivity index (χ1) is 12.6. The Balaban J connectivity index is 0.00000261. The molecule has 4 nitrogen and oxygen atoms in total. The van der Waals surface area contributed by atoms with E-state index in [1.807, 2.05) is 25.2 Å². The molecule has 0 aromatic heterocycles. The van der Waals surface area contributed by atoms with Gasteiger partial charge in [0.25, 0.3) is 5.91 Å². The summed E-state index contributed by atoms with van der Waals surface area (Å²) in [5.41, 5.74) is 0.679. The minimum Gasteiger partial charge on any atom is -0.476 e. The zero-order chi connectivity index (χ0) is 18.5. The molecular weight excluding hydrogens is 374 g/mol. The first-order valence-electron chi connectivity index (χ1n) is 8.71. The average Bonchev–Trinajstić information content (AvgIpc) is 2.69. The average molecular weight is 397 g/mol. The summed E-state index contributed by atoms with van der Waals surface area (Å²) in [6, 6.07) is 12.8. The largest absolute Gasteiger partial charge is 0.476 e. The lowest BCUT2D eigenvalue weighted by Crippen LogP contribution is -2.46. The van der Waals surface area contributed by atoms with Crippen molar-refractivity contribution in [1.29, 1.82) is 0 Å². The molecule has 1 saturated heterocycles. The first kappa shape index (κ1) is 21.1. The van der Waals surface area contributed by atoms with Crippen molar-refractivity contribution in [3.63, 3.8) is 0 Å². The third-order valence-electron chi connectivity index (χ3n) is 4.69. The number of piperidine rings is 1. The second-order valence-electron chi connectivity index (χ2n) is 6.37. The number of nitrogens with zero attached hydrogens (tertiary/aromatic N) is 1. The summed E-state index contributed by atoms with van der Waals surface area (Å²) >= 11 is 0. The van der Waals surface area contributed by atoms with Crippen LogP contribution in [0, 0.1) is 11.6 Å². The van der Waals surface area contributed by atoms with Crippen LogP contribution in [0.3, 0.4) is 0 Å². The third-order valence-corrected chi connectivity index (χ3v) is 4.69. The van der Waals surface area contributed by atoms with Crippen LogP contribution < -0.4 is 10.1 Å². The molecule has 0 saturated carbocycles. The number of amides is 1. The van der Waals surface area contributed by atoms with Gasteiger partial charge in [-0.3, -0.25) is 4.79 Å². The molecule has 0 radical (unpaired) electrons. The van der Waals surface area contributed by atoms with Gasteiger partial charge in [0.15, 0.2) is 11.6 Å². The molecule has 1 aliphatic rings. The Kier molecular flexibility index (Phi) is 7.56. The maximum atomic E-state index is 13.5. The van der Waals surface area contributed by atoms with Crippen LogP contribution in [0.15, 0.2) is 48.5 Å². The van der Waals surface area contributed by atoms with Crippen molar-refractivity contribution in [3.05, 3.63) is 65.7 Å². The third kappa shape index (κ3) is 5.17. The summed E-state index contributed by atoms with van der Waals surface area (Å²) in [4.78, 5) is 14.8. The van der Waals surface area contributed by atoms with E-state index >= 15 is 0 Å². The van der Waals surface area contributed by atoms with Crippen LogP contribution in [0.2, 0.25) is 0 Å². The smallest absolute Gasteiger partial charge is 0.268 e. The molecule has 2 aromatic rings. The molecule has 3 rings (SSSR count). The van der Waals surface area contributed by atoms with Crippen molar-refractivity contribution in [3.8, 4) is 5.75 Å². The highest BCUT2D eigenvalue weighted by molar-refractivity contribution is 5.85. The Morgan fingerprint density at radius 2 is 1.78 bits per heavy atom. The molecule has 1 fully saturated rings. The number of nitrogens with one attached hydrogen (secondary N) is 1. The summed E-state index contributed by atoms with van der Waals surface area (Å²) < 4.78 is 32.5. The Hall–Kier alpha value is -2.18. The van der Waals surface area contributed by atoms with Gasteiger partial charge in [-0.25, -0.2) is 8.78 Å². The van der Waals surface area contributed by atoms with Gasteiger partial charge in [-0.15, -0.1) is 12.4 Å². The normalized spacial score (nSPS) is 15.7. The van der Waals surface area contributed by atoms with Crippen molar-refractivity contribution in [2.45, 2.75) is 25.0 Å². The molecule has 7 heteroatoms. The van der Waals surface area contributed by atoms with Crippen LogP contribution in [0.25, 0.3) is 0 Å². The molecule has 2 aromatic carbocycles. The lowest BCUT2D eigenvalue weighted by atomic mass is 10.0. The van der Waals surface area contributed by atoms with Crippen LogP contribution in [-0.2, 0) is 4.79 Å². The van der Waals surface area contributed by atoms with Crippen molar-refractivity contribution < 1.29 is 18.3 Å². The van der Waals surface area contributed by atoms with Crippen molar-refractivity contribution in [2.24, 2.45) is 0 Å². The van der Waals surface area contributed by atoms with E-state index in [4.69, 9.17) is 4.74 Å². The number of likely N-dealkylation sites (tertiary alicyclic amines) is 1. The van der Waals surface area contributed by atoms with Crippen LogP contribution in [0.5, 0.6) is 5.75 Å². The molecule has 1 heterocycles. The zero-order valence-electron chi connectivity index (χ0n) is 15.0. The van der Waals surface area contributed by atoms with Gasteiger partial charge in [0.1, 0.15) is 5.75 Å². The van der Waals surface area contributed by atoms with Crippen molar-refractivity contribution in [2.75, 3.05) is 20.1 Å². The van der Waals surface area contributed by atoms with Gasteiger partial charge in [-0.05, 0) is 32.0 Å². The molecule has 1 amide bonds. The number of carbonyl (C=O) groups is 1. The van der Waals surface area contributed by atoms with Gasteiger partial charge in [0.2, 0.25) is 6.10 Å². The highest BCUT2D eigenvalue weighted by atomic mass is 35.5. The van der Waals surface area contributed by atoms with Crippen LogP contribution in [0.4, 0.5) is 8.78 Å². The zero-order valence-corrected chi connectivity index (χ0v) is 15.8. The van der Waals surface area contributed by atoms with E-state index in [0.717, 1.165) is 25.0 Å². The lowest BCUT2D eigenvalue weighted by molar-refractivity contribution is -0.140. The number of benzene rings is 2. The van der Waals surface area contributed by atoms with Crippen molar-refractivity contribution in [1.82, 2.24) is 10.2 Å². The number of hydrogen-bond donors (Lipinski definition) is 1. The second-order valence-corrected chi connectivity index (χ2v) is 6.37. The molecule has 1 aliphatic heterocycles. The summed E-state index contributed by atoms with van der Waals surface area (Å²) in [5.74, 6) is -2.00. The molecule has 0 aliphatic carbocycles. The molecule has 1 unspecified atom stereocenters. The van der Waals surface area contributed by atoms with E-state index in [0.29, 0.717) is 24.7 Å². The fraction of sp³-hybridized carbons (Fsp3) is 0.350. The van der Waals surface area contributed by atoms with E-state index in [2.05, 4.69) is 5.32 Å². The monoisotopic (exact) mass is 396 g/mol. The minimum atomic E-state index is -1.00. The summed E-state index contributed by atoms with van der Waals surface area (Å²) in [6.45, 7) is 1.27. The first-order valence-corrected chi connectivity index (χ1v) is 8.71. The predicted molar refractivity (Wildman–Crippen MR) is 102 cm³/mol. The summed E-state index contributed by atoms with van der Waals surface area (Å²) in [5, 5.41) is 3.23. The number of carbonyl (C=O) groups excluding carboxylic acids is 1. The summed E-state index contributed by atoms with van der Waals surface area (Å²) in [7, 11) is 1.92. The molecule has 1 N–H and O–H groups in total. The van der Waals surface area contributed by atoms with E-state index in [1.165, 1.54) is 6.07 Å². The van der Waals surface area contributed by atoms with E-state index in [-0.39, 0.29) is 24.1 Å². The summed E-state index contributed by atoms with van der Waals surface area (Å²) in [6.07, 6.45) is 0.844. The van der Waals surface area contributed by atoms with Gasteiger partial charge in [-0.2, -0.15) is 0 Å². The Labute approximate surface area is 163 Å². The molecule has 0 bridgehead atoms. The second kappa shape index (κ2) is 9.67. The van der Waals surface area contributed by atoms with Gasteiger partial charge in [0.05, 0.1) is 0 Å². The van der Waals surface area contributed by atoms with Crippen LogP contribution in [0.1, 0.15) is 24.5 Å².